The van der Waals surface area contributed by atoms with Gasteiger partial charge in [-0.05, 0) is 43.7 Å². The molecule has 0 unspecified atom stereocenters. The van der Waals surface area contributed by atoms with E-state index in [9.17, 15) is 4.79 Å². The molecule has 24 heavy (non-hydrogen) atoms. The molecule has 132 valence electrons. The second kappa shape index (κ2) is 8.55. The first-order valence-electron chi connectivity index (χ1n) is 9.10. The molecule has 0 spiro atoms. The summed E-state index contributed by atoms with van der Waals surface area (Å²) < 4.78 is 0. The lowest BCUT2D eigenvalue weighted by Gasteiger charge is -2.35. The van der Waals surface area contributed by atoms with E-state index in [4.69, 9.17) is 23.2 Å². The van der Waals surface area contributed by atoms with Gasteiger partial charge in [0.2, 0.25) is 0 Å². The summed E-state index contributed by atoms with van der Waals surface area (Å²) in [6.07, 6.45) is 9.02. The van der Waals surface area contributed by atoms with Crippen LogP contribution in [0, 0.1) is 5.92 Å². The Morgan fingerprint density at radius 2 is 1.79 bits per heavy atom. The van der Waals surface area contributed by atoms with E-state index in [2.05, 4.69) is 10.2 Å². The molecule has 2 aliphatic rings. The van der Waals surface area contributed by atoms with Gasteiger partial charge in [0.15, 0.2) is 0 Å². The Bertz CT molecular complexity index is 564. The number of halogens is 2. The van der Waals surface area contributed by atoms with Crippen LogP contribution in [0.3, 0.4) is 0 Å². The summed E-state index contributed by atoms with van der Waals surface area (Å²) >= 11 is 12.1. The van der Waals surface area contributed by atoms with Gasteiger partial charge in [0.1, 0.15) is 0 Å². The highest BCUT2D eigenvalue weighted by molar-refractivity contribution is 6.43. The van der Waals surface area contributed by atoms with Gasteiger partial charge in [-0.25, -0.2) is 0 Å². The standard InChI is InChI=1S/C19H26Cl2N2O/c20-17-8-4-7-16(18(17)21)19(24)22-15-9-11-23(12-10-15)13-14-5-2-1-3-6-14/h4,7-8,14-15H,1-3,5-6,9-13H2,(H,22,24). The van der Waals surface area contributed by atoms with Crippen molar-refractivity contribution in [1.29, 1.82) is 0 Å². The first-order valence-corrected chi connectivity index (χ1v) is 9.86. The van der Waals surface area contributed by atoms with E-state index in [-0.39, 0.29) is 11.9 Å². The van der Waals surface area contributed by atoms with Crippen LogP contribution >= 0.6 is 23.2 Å². The van der Waals surface area contributed by atoms with Crippen molar-refractivity contribution in [1.82, 2.24) is 10.2 Å². The highest BCUT2D eigenvalue weighted by Crippen LogP contribution is 2.27. The Morgan fingerprint density at radius 1 is 1.08 bits per heavy atom. The highest BCUT2D eigenvalue weighted by Gasteiger charge is 2.24. The summed E-state index contributed by atoms with van der Waals surface area (Å²) in [6, 6.07) is 5.41. The van der Waals surface area contributed by atoms with Crippen LogP contribution in [0.15, 0.2) is 18.2 Å². The van der Waals surface area contributed by atoms with E-state index in [1.165, 1.54) is 38.6 Å². The number of piperidine rings is 1. The molecule has 3 rings (SSSR count). The number of benzene rings is 1. The molecule has 1 saturated heterocycles. The molecule has 1 aromatic carbocycles. The summed E-state index contributed by atoms with van der Waals surface area (Å²) in [5, 5.41) is 3.88. The van der Waals surface area contributed by atoms with E-state index in [0.717, 1.165) is 31.8 Å². The van der Waals surface area contributed by atoms with Crippen LogP contribution in [0.4, 0.5) is 0 Å². The normalized spacial score (nSPS) is 20.9. The Hall–Kier alpha value is -0.770. The average Bonchev–Trinajstić information content (AvgIpc) is 2.60. The maximum atomic E-state index is 12.4. The fraction of sp³-hybridized carbons (Fsp3) is 0.632. The van der Waals surface area contributed by atoms with E-state index < -0.39 is 0 Å². The van der Waals surface area contributed by atoms with Crippen LogP contribution in [0.2, 0.25) is 10.0 Å². The van der Waals surface area contributed by atoms with E-state index in [1.54, 1.807) is 18.2 Å². The number of carbonyl (C=O) groups excluding carboxylic acids is 1. The van der Waals surface area contributed by atoms with Crippen LogP contribution in [0.25, 0.3) is 0 Å². The van der Waals surface area contributed by atoms with Crippen LogP contribution in [0.1, 0.15) is 55.3 Å². The van der Waals surface area contributed by atoms with E-state index in [1.807, 2.05) is 0 Å². The predicted octanol–water partition coefficient (Wildman–Crippen LogP) is 4.77. The molecule has 1 aliphatic carbocycles. The van der Waals surface area contributed by atoms with Crippen molar-refractivity contribution in [2.75, 3.05) is 19.6 Å². The van der Waals surface area contributed by atoms with Gasteiger partial charge in [0.05, 0.1) is 15.6 Å². The lowest BCUT2D eigenvalue weighted by Crippen LogP contribution is -2.46. The number of hydrogen-bond acceptors (Lipinski definition) is 2. The summed E-state index contributed by atoms with van der Waals surface area (Å²) in [5.74, 6) is 0.767. The zero-order valence-electron chi connectivity index (χ0n) is 14.1. The van der Waals surface area contributed by atoms with Gasteiger partial charge in [-0.15, -0.1) is 0 Å². The molecule has 0 radical (unpaired) electrons. The minimum atomic E-state index is -0.117. The van der Waals surface area contributed by atoms with Crippen molar-refractivity contribution in [3.8, 4) is 0 Å². The second-order valence-electron chi connectivity index (χ2n) is 7.15. The maximum Gasteiger partial charge on any atom is 0.253 e. The smallest absolute Gasteiger partial charge is 0.253 e. The van der Waals surface area contributed by atoms with Crippen LogP contribution in [-0.4, -0.2) is 36.5 Å². The summed E-state index contributed by atoms with van der Waals surface area (Å²) in [7, 11) is 0. The molecule has 1 heterocycles. The topological polar surface area (TPSA) is 32.3 Å². The van der Waals surface area contributed by atoms with Gasteiger partial charge >= 0.3 is 0 Å². The number of hydrogen-bond donors (Lipinski definition) is 1. The molecule has 1 aromatic rings. The lowest BCUT2D eigenvalue weighted by atomic mass is 9.88. The van der Waals surface area contributed by atoms with E-state index in [0.29, 0.717) is 15.6 Å². The first-order chi connectivity index (χ1) is 11.6. The number of nitrogens with one attached hydrogen (secondary N) is 1. The minimum absolute atomic E-state index is 0.117. The molecule has 0 bridgehead atoms. The minimum Gasteiger partial charge on any atom is -0.349 e. The monoisotopic (exact) mass is 368 g/mol. The Kier molecular flexibility index (Phi) is 6.43. The SMILES string of the molecule is O=C(NC1CCN(CC2CCCCC2)CC1)c1cccc(Cl)c1Cl. The van der Waals surface area contributed by atoms with Crippen LogP contribution < -0.4 is 5.32 Å². The van der Waals surface area contributed by atoms with Crippen molar-refractivity contribution in [2.45, 2.75) is 51.0 Å². The molecule has 1 saturated carbocycles. The molecule has 1 aliphatic heterocycles. The Labute approximate surface area is 154 Å². The molecule has 1 amide bonds. The average molecular weight is 369 g/mol. The summed E-state index contributed by atoms with van der Waals surface area (Å²) in [5.41, 5.74) is 0.466. The molecular formula is C19H26Cl2N2O. The van der Waals surface area contributed by atoms with Crippen molar-refractivity contribution in [3.63, 3.8) is 0 Å². The number of amides is 1. The summed E-state index contributed by atoms with van der Waals surface area (Å²) in [6.45, 7) is 3.39. The molecule has 0 aromatic heterocycles. The molecule has 2 fully saturated rings. The zero-order valence-corrected chi connectivity index (χ0v) is 15.6. The number of nitrogens with zero attached hydrogens (tertiary/aromatic N) is 1. The number of rotatable bonds is 4. The third-order valence-corrected chi connectivity index (χ3v) is 6.18. The zero-order chi connectivity index (χ0) is 16.9. The molecule has 5 heteroatoms. The van der Waals surface area contributed by atoms with Crippen molar-refractivity contribution in [3.05, 3.63) is 33.8 Å². The van der Waals surface area contributed by atoms with Crippen molar-refractivity contribution >= 4 is 29.1 Å². The van der Waals surface area contributed by atoms with Gasteiger partial charge in [-0.3, -0.25) is 4.79 Å². The number of likely N-dealkylation sites (tertiary alicyclic amines) is 1. The lowest BCUT2D eigenvalue weighted by molar-refractivity contribution is 0.0901. The molecule has 0 atom stereocenters. The second-order valence-corrected chi connectivity index (χ2v) is 7.94. The van der Waals surface area contributed by atoms with Crippen LogP contribution in [-0.2, 0) is 0 Å². The maximum absolute atomic E-state index is 12.4. The number of carbonyl (C=O) groups is 1. The first kappa shape index (κ1) is 18.0. The van der Waals surface area contributed by atoms with E-state index >= 15 is 0 Å². The fourth-order valence-corrected chi connectivity index (χ4v) is 4.32. The Morgan fingerprint density at radius 3 is 2.50 bits per heavy atom. The third kappa shape index (κ3) is 4.65. The van der Waals surface area contributed by atoms with Gasteiger partial charge in [0.25, 0.3) is 5.91 Å². The molecular weight excluding hydrogens is 343 g/mol. The van der Waals surface area contributed by atoms with Crippen molar-refractivity contribution in [2.24, 2.45) is 5.92 Å². The largest absolute Gasteiger partial charge is 0.349 e. The van der Waals surface area contributed by atoms with Gasteiger partial charge in [-0.1, -0.05) is 48.5 Å². The summed E-state index contributed by atoms with van der Waals surface area (Å²) in [4.78, 5) is 15.0. The predicted molar refractivity (Wildman–Crippen MR) is 100.0 cm³/mol. The van der Waals surface area contributed by atoms with Crippen LogP contribution in [0.5, 0.6) is 0 Å². The molecule has 1 N–H and O–H groups in total. The fourth-order valence-electron chi connectivity index (χ4n) is 3.94. The van der Waals surface area contributed by atoms with Crippen molar-refractivity contribution < 1.29 is 4.79 Å². The molecule has 3 nitrogen and oxygen atoms in total. The third-order valence-electron chi connectivity index (χ3n) is 5.36. The van der Waals surface area contributed by atoms with Gasteiger partial charge < -0.3 is 10.2 Å². The highest BCUT2D eigenvalue weighted by atomic mass is 35.5. The van der Waals surface area contributed by atoms with Gasteiger partial charge in [-0.2, -0.15) is 0 Å². The quantitative estimate of drug-likeness (QED) is 0.829. The van der Waals surface area contributed by atoms with Gasteiger partial charge in [0, 0.05) is 25.7 Å². The Balaban J connectivity index is 1.46.